The van der Waals surface area contributed by atoms with Crippen LogP contribution in [-0.2, 0) is 14.9 Å². The summed E-state index contributed by atoms with van der Waals surface area (Å²) in [4.78, 5) is 12.0. The predicted octanol–water partition coefficient (Wildman–Crippen LogP) is 3.48. The molecule has 3 heteroatoms. The summed E-state index contributed by atoms with van der Waals surface area (Å²) in [5, 5.41) is 0. The molecular weight excluding hydrogens is 328 g/mol. The molecule has 0 radical (unpaired) electrons. The van der Waals surface area contributed by atoms with Gasteiger partial charge in [-0.1, -0.05) is 76.6 Å². The van der Waals surface area contributed by atoms with Gasteiger partial charge in [-0.15, -0.1) is 0 Å². The van der Waals surface area contributed by atoms with Crippen LogP contribution in [0.3, 0.4) is 0 Å². The third kappa shape index (κ3) is 1.91. The van der Waals surface area contributed by atoms with Gasteiger partial charge in [-0.3, -0.25) is 4.79 Å². The highest BCUT2D eigenvalue weighted by Crippen LogP contribution is 2.54. The minimum absolute atomic E-state index is 0.0383. The number of Topliss-reactive ketones (excluding diaryl/α,β-unsaturated/α-hetero) is 1. The second kappa shape index (κ2) is 4.79. The van der Waals surface area contributed by atoms with Crippen molar-refractivity contribution in [3.63, 3.8) is 0 Å². The summed E-state index contributed by atoms with van der Waals surface area (Å²) in [6.45, 7) is 0. The van der Waals surface area contributed by atoms with Crippen LogP contribution in [0.25, 0.3) is 0 Å². The van der Waals surface area contributed by atoms with Gasteiger partial charge in [0.15, 0.2) is 5.78 Å². The molecule has 2 aromatic rings. The Labute approximate surface area is 132 Å². The summed E-state index contributed by atoms with van der Waals surface area (Å²) >= 11 is 3.56. The Hall–Kier alpha value is -1.45. The zero-order valence-corrected chi connectivity index (χ0v) is 13.0. The summed E-state index contributed by atoms with van der Waals surface area (Å²) in [5.41, 5.74) is 2.20. The van der Waals surface area contributed by atoms with Crippen molar-refractivity contribution in [2.45, 2.75) is 28.9 Å². The molecule has 1 aliphatic heterocycles. The van der Waals surface area contributed by atoms with Crippen LogP contribution in [0.1, 0.15) is 17.5 Å². The van der Waals surface area contributed by atoms with Crippen molar-refractivity contribution in [1.82, 2.24) is 0 Å². The molecule has 2 aromatic carbocycles. The number of carbonyl (C=O) groups is 1. The first-order valence-electron chi connectivity index (χ1n) is 7.18. The lowest BCUT2D eigenvalue weighted by atomic mass is 9.65. The van der Waals surface area contributed by atoms with Crippen LogP contribution in [0.15, 0.2) is 60.7 Å². The maximum Gasteiger partial charge on any atom is 0.177 e. The second-order valence-electron chi connectivity index (χ2n) is 5.75. The fourth-order valence-corrected chi connectivity index (χ4v) is 4.35. The predicted molar refractivity (Wildman–Crippen MR) is 84.7 cm³/mol. The molecule has 2 nitrogen and oxygen atoms in total. The van der Waals surface area contributed by atoms with E-state index >= 15 is 0 Å². The van der Waals surface area contributed by atoms with E-state index in [2.05, 4.69) is 64.5 Å². The zero-order valence-electron chi connectivity index (χ0n) is 11.4. The maximum atomic E-state index is 12.1. The third-order valence-corrected chi connectivity index (χ3v) is 5.42. The molecule has 3 unspecified atom stereocenters. The SMILES string of the molecule is O=C1C(Br)CC(c2ccccc2)(c2ccccc2)C2OC12. The van der Waals surface area contributed by atoms with E-state index in [1.54, 1.807) is 0 Å². The number of rotatable bonds is 2. The van der Waals surface area contributed by atoms with Gasteiger partial charge < -0.3 is 4.74 Å². The highest BCUT2D eigenvalue weighted by atomic mass is 79.9. The topological polar surface area (TPSA) is 29.6 Å². The normalized spacial score (nSPS) is 29.8. The Kier molecular flexibility index (Phi) is 3.02. The van der Waals surface area contributed by atoms with E-state index < -0.39 is 0 Å². The van der Waals surface area contributed by atoms with E-state index in [0.717, 1.165) is 6.42 Å². The van der Waals surface area contributed by atoms with E-state index in [9.17, 15) is 4.79 Å². The summed E-state index contributed by atoms with van der Waals surface area (Å²) in [7, 11) is 0. The molecule has 0 bridgehead atoms. The minimum Gasteiger partial charge on any atom is -0.360 e. The highest BCUT2D eigenvalue weighted by molar-refractivity contribution is 9.10. The van der Waals surface area contributed by atoms with Gasteiger partial charge in [0.25, 0.3) is 0 Å². The molecule has 0 N–H and O–H groups in total. The lowest BCUT2D eigenvalue weighted by Crippen LogP contribution is -2.45. The Morgan fingerprint density at radius 1 is 0.952 bits per heavy atom. The first-order valence-corrected chi connectivity index (χ1v) is 8.09. The molecule has 1 saturated carbocycles. The lowest BCUT2D eigenvalue weighted by molar-refractivity contribution is -0.120. The minimum atomic E-state index is -0.261. The van der Waals surface area contributed by atoms with Gasteiger partial charge in [0, 0.05) is 0 Å². The summed E-state index contributed by atoms with van der Waals surface area (Å²) < 4.78 is 5.81. The van der Waals surface area contributed by atoms with Crippen molar-refractivity contribution in [2.24, 2.45) is 0 Å². The van der Waals surface area contributed by atoms with Gasteiger partial charge in [0.05, 0.1) is 10.2 Å². The van der Waals surface area contributed by atoms with Gasteiger partial charge in [-0.2, -0.15) is 0 Å². The number of ketones is 1. The molecule has 106 valence electrons. The van der Waals surface area contributed by atoms with E-state index in [-0.39, 0.29) is 28.2 Å². The third-order valence-electron chi connectivity index (χ3n) is 4.65. The van der Waals surface area contributed by atoms with Crippen molar-refractivity contribution < 1.29 is 9.53 Å². The number of epoxide rings is 1. The number of carbonyl (C=O) groups excluding carboxylic acids is 1. The fourth-order valence-electron chi connectivity index (χ4n) is 3.58. The average Bonchev–Trinajstić information content (AvgIpc) is 3.34. The van der Waals surface area contributed by atoms with Crippen molar-refractivity contribution in [2.75, 3.05) is 0 Å². The number of ether oxygens (including phenoxy) is 1. The standard InChI is InChI=1S/C18H15BrO2/c19-14-11-18(12-7-3-1-4-8-12,13-9-5-2-6-10-13)17-16(21-17)15(14)20/h1-10,14,16-17H,11H2. The van der Waals surface area contributed by atoms with Gasteiger partial charge >= 0.3 is 0 Å². The number of halogens is 1. The number of benzene rings is 2. The molecule has 0 amide bonds. The molecule has 4 rings (SSSR count). The number of alkyl halides is 1. The molecular formula is C18H15BrO2. The first kappa shape index (κ1) is 13.2. The molecule has 21 heavy (non-hydrogen) atoms. The van der Waals surface area contributed by atoms with Crippen LogP contribution in [0, 0.1) is 0 Å². The summed E-state index contributed by atoms with van der Waals surface area (Å²) in [6, 6.07) is 20.8. The summed E-state index contributed by atoms with van der Waals surface area (Å²) in [5.74, 6) is 0.183. The van der Waals surface area contributed by atoms with Crippen molar-refractivity contribution in [3.8, 4) is 0 Å². The number of hydrogen-bond acceptors (Lipinski definition) is 2. The first-order chi connectivity index (χ1) is 10.2. The second-order valence-corrected chi connectivity index (χ2v) is 6.86. The van der Waals surface area contributed by atoms with Crippen LogP contribution in [0.2, 0.25) is 0 Å². The average molecular weight is 343 g/mol. The van der Waals surface area contributed by atoms with Gasteiger partial charge in [-0.05, 0) is 17.5 Å². The maximum absolute atomic E-state index is 12.1. The zero-order chi connectivity index (χ0) is 14.4. The molecule has 2 fully saturated rings. The smallest absolute Gasteiger partial charge is 0.177 e. The Morgan fingerprint density at radius 2 is 1.48 bits per heavy atom. The van der Waals surface area contributed by atoms with Gasteiger partial charge in [0.1, 0.15) is 12.2 Å². The van der Waals surface area contributed by atoms with E-state index in [1.807, 2.05) is 12.1 Å². The largest absolute Gasteiger partial charge is 0.360 e. The molecule has 3 atom stereocenters. The van der Waals surface area contributed by atoms with Crippen molar-refractivity contribution in [3.05, 3.63) is 71.8 Å². The molecule has 0 spiro atoms. The Bertz CT molecular complexity index is 625. The number of fused-ring (bicyclic) bond motifs is 1. The van der Waals surface area contributed by atoms with Gasteiger partial charge in [-0.25, -0.2) is 0 Å². The van der Waals surface area contributed by atoms with E-state index in [1.165, 1.54) is 11.1 Å². The summed E-state index contributed by atoms with van der Waals surface area (Å²) in [6.07, 6.45) is 0.438. The van der Waals surface area contributed by atoms with Crippen LogP contribution < -0.4 is 0 Å². The Balaban J connectivity index is 1.91. The quantitative estimate of drug-likeness (QED) is 0.617. The van der Waals surface area contributed by atoms with Crippen LogP contribution >= 0.6 is 15.9 Å². The van der Waals surface area contributed by atoms with Crippen molar-refractivity contribution >= 4 is 21.7 Å². The highest BCUT2D eigenvalue weighted by Gasteiger charge is 2.64. The van der Waals surface area contributed by atoms with Crippen LogP contribution in [-0.4, -0.2) is 22.8 Å². The van der Waals surface area contributed by atoms with Crippen LogP contribution in [0.5, 0.6) is 0 Å². The molecule has 0 aromatic heterocycles. The van der Waals surface area contributed by atoms with Gasteiger partial charge in [0.2, 0.25) is 0 Å². The molecule has 1 saturated heterocycles. The van der Waals surface area contributed by atoms with Crippen LogP contribution in [0.4, 0.5) is 0 Å². The number of hydrogen-bond donors (Lipinski definition) is 0. The Morgan fingerprint density at radius 3 is 2.00 bits per heavy atom. The molecule has 2 aliphatic rings. The lowest BCUT2D eigenvalue weighted by Gasteiger charge is -2.37. The molecule has 1 heterocycles. The fraction of sp³-hybridized carbons (Fsp3) is 0.278. The molecule has 1 aliphatic carbocycles. The van der Waals surface area contributed by atoms with E-state index in [4.69, 9.17) is 4.74 Å². The van der Waals surface area contributed by atoms with Crippen molar-refractivity contribution in [1.29, 1.82) is 0 Å². The van der Waals surface area contributed by atoms with E-state index in [0.29, 0.717) is 0 Å². The monoisotopic (exact) mass is 342 g/mol.